The lowest BCUT2D eigenvalue weighted by atomic mass is 9.88. The largest absolute Gasteiger partial charge is 0.483 e. The molecule has 1 aliphatic rings. The van der Waals surface area contributed by atoms with Gasteiger partial charge in [-0.15, -0.1) is 0 Å². The number of carbonyl (C=O) groups excluding carboxylic acids is 2. The van der Waals surface area contributed by atoms with Crippen LogP contribution < -0.4 is 15.4 Å². The smallest absolute Gasteiger partial charge is 0.259 e. The van der Waals surface area contributed by atoms with Crippen molar-refractivity contribution in [2.24, 2.45) is 11.8 Å². The molecular formula is C19H29N3O3. The van der Waals surface area contributed by atoms with E-state index in [0.717, 1.165) is 25.1 Å². The predicted molar refractivity (Wildman–Crippen MR) is 97.3 cm³/mol. The molecule has 0 bridgehead atoms. The van der Waals surface area contributed by atoms with Crippen LogP contribution in [0.5, 0.6) is 5.75 Å². The first-order valence-electron chi connectivity index (χ1n) is 8.87. The molecule has 2 unspecified atom stereocenters. The van der Waals surface area contributed by atoms with Gasteiger partial charge in [0.1, 0.15) is 5.75 Å². The molecule has 1 aliphatic heterocycles. The lowest BCUT2D eigenvalue weighted by Gasteiger charge is -2.33. The molecule has 0 spiro atoms. The van der Waals surface area contributed by atoms with Gasteiger partial charge in [-0.05, 0) is 31.5 Å². The average molecular weight is 347 g/mol. The van der Waals surface area contributed by atoms with Gasteiger partial charge in [-0.25, -0.2) is 0 Å². The molecule has 0 aliphatic carbocycles. The van der Waals surface area contributed by atoms with E-state index in [9.17, 15) is 9.59 Å². The van der Waals surface area contributed by atoms with E-state index < -0.39 is 0 Å². The maximum Gasteiger partial charge on any atom is 0.259 e. The molecule has 25 heavy (non-hydrogen) atoms. The minimum Gasteiger partial charge on any atom is -0.483 e. The number of benzene rings is 1. The fraction of sp³-hybridized carbons (Fsp3) is 0.579. The van der Waals surface area contributed by atoms with E-state index in [0.29, 0.717) is 11.7 Å². The van der Waals surface area contributed by atoms with Crippen molar-refractivity contribution in [3.63, 3.8) is 0 Å². The number of para-hydroxylation sites is 1. The lowest BCUT2D eigenvalue weighted by Crippen LogP contribution is -2.50. The second-order valence-electron chi connectivity index (χ2n) is 6.79. The summed E-state index contributed by atoms with van der Waals surface area (Å²) < 4.78 is 5.71. The number of nitrogens with one attached hydrogen (secondary N) is 2. The van der Waals surface area contributed by atoms with Crippen molar-refractivity contribution in [3.8, 4) is 5.75 Å². The number of likely N-dealkylation sites (N-methyl/N-ethyl adjacent to an activating group) is 1. The van der Waals surface area contributed by atoms with Crippen LogP contribution in [0.3, 0.4) is 0 Å². The molecule has 2 amide bonds. The summed E-state index contributed by atoms with van der Waals surface area (Å²) in [5.74, 6) is 0.999. The fourth-order valence-electron chi connectivity index (χ4n) is 2.75. The van der Waals surface area contributed by atoms with Crippen molar-refractivity contribution in [1.82, 2.24) is 15.5 Å². The monoisotopic (exact) mass is 347 g/mol. The zero-order chi connectivity index (χ0) is 18.4. The molecule has 2 rings (SSSR count). The minimum absolute atomic E-state index is 0.0151. The van der Waals surface area contributed by atoms with Crippen LogP contribution in [0.2, 0.25) is 0 Å². The standard InChI is InChI=1S/C19H29N3O3/c1-5-16(21-19(24)13(2)14-10-20-11-14)15-8-6-7-9-17(15)25-12-18(23)22(3)4/h6-9,13-14,16,20H,5,10-12H2,1-4H3,(H,21,24). The number of amides is 2. The molecule has 1 heterocycles. The Labute approximate surface area is 149 Å². The summed E-state index contributed by atoms with van der Waals surface area (Å²) in [6, 6.07) is 7.44. The summed E-state index contributed by atoms with van der Waals surface area (Å²) in [7, 11) is 3.40. The summed E-state index contributed by atoms with van der Waals surface area (Å²) in [5, 5.41) is 6.35. The van der Waals surface area contributed by atoms with Gasteiger partial charge in [0.2, 0.25) is 5.91 Å². The van der Waals surface area contributed by atoms with Crippen LogP contribution in [0, 0.1) is 11.8 Å². The van der Waals surface area contributed by atoms with E-state index in [4.69, 9.17) is 4.74 Å². The molecule has 6 nitrogen and oxygen atoms in total. The van der Waals surface area contributed by atoms with E-state index in [2.05, 4.69) is 10.6 Å². The molecular weight excluding hydrogens is 318 g/mol. The van der Waals surface area contributed by atoms with Gasteiger partial charge in [0.05, 0.1) is 6.04 Å². The molecule has 2 atom stereocenters. The number of carbonyl (C=O) groups is 2. The molecule has 0 radical (unpaired) electrons. The van der Waals surface area contributed by atoms with Crippen molar-refractivity contribution in [2.75, 3.05) is 33.8 Å². The Hall–Kier alpha value is -2.08. The summed E-state index contributed by atoms with van der Waals surface area (Å²) >= 11 is 0. The van der Waals surface area contributed by atoms with Crippen LogP contribution in [0.15, 0.2) is 24.3 Å². The molecule has 6 heteroatoms. The summed E-state index contributed by atoms with van der Waals surface area (Å²) in [5.41, 5.74) is 0.906. The van der Waals surface area contributed by atoms with Crippen LogP contribution in [0.4, 0.5) is 0 Å². The highest BCUT2D eigenvalue weighted by molar-refractivity contribution is 5.79. The SMILES string of the molecule is CCC(NC(=O)C(C)C1CNC1)c1ccccc1OCC(=O)N(C)C. The second kappa shape index (κ2) is 8.85. The number of hydrogen-bond donors (Lipinski definition) is 2. The predicted octanol–water partition coefficient (Wildman–Crippen LogP) is 1.58. The summed E-state index contributed by atoms with van der Waals surface area (Å²) in [4.78, 5) is 25.8. The Morgan fingerprint density at radius 1 is 1.32 bits per heavy atom. The van der Waals surface area contributed by atoms with Gasteiger partial charge in [-0.3, -0.25) is 9.59 Å². The van der Waals surface area contributed by atoms with Gasteiger partial charge >= 0.3 is 0 Å². The van der Waals surface area contributed by atoms with Crippen LogP contribution in [-0.4, -0.2) is 50.5 Å². The van der Waals surface area contributed by atoms with Crippen molar-refractivity contribution in [1.29, 1.82) is 0 Å². The summed E-state index contributed by atoms with van der Waals surface area (Å²) in [6.07, 6.45) is 0.753. The molecule has 138 valence electrons. The summed E-state index contributed by atoms with van der Waals surface area (Å²) in [6.45, 7) is 5.79. The fourth-order valence-corrected chi connectivity index (χ4v) is 2.75. The molecule has 1 fully saturated rings. The topological polar surface area (TPSA) is 70.7 Å². The highest BCUT2D eigenvalue weighted by Crippen LogP contribution is 2.28. The quantitative estimate of drug-likeness (QED) is 0.749. The van der Waals surface area contributed by atoms with Crippen LogP contribution in [0.1, 0.15) is 31.9 Å². The molecule has 0 saturated carbocycles. The maximum absolute atomic E-state index is 12.5. The van der Waals surface area contributed by atoms with Crippen LogP contribution in [0.25, 0.3) is 0 Å². The van der Waals surface area contributed by atoms with Gasteiger partial charge in [-0.2, -0.15) is 0 Å². The highest BCUT2D eigenvalue weighted by Gasteiger charge is 2.30. The van der Waals surface area contributed by atoms with Gasteiger partial charge in [-0.1, -0.05) is 32.0 Å². The maximum atomic E-state index is 12.5. The Balaban J connectivity index is 2.06. The zero-order valence-electron chi connectivity index (χ0n) is 15.5. The van der Waals surface area contributed by atoms with Gasteiger partial charge < -0.3 is 20.3 Å². The third-order valence-electron chi connectivity index (χ3n) is 4.80. The highest BCUT2D eigenvalue weighted by atomic mass is 16.5. The number of ether oxygens (including phenoxy) is 1. The van der Waals surface area contributed by atoms with E-state index in [1.54, 1.807) is 14.1 Å². The molecule has 1 saturated heterocycles. The second-order valence-corrected chi connectivity index (χ2v) is 6.79. The van der Waals surface area contributed by atoms with Crippen LogP contribution in [-0.2, 0) is 9.59 Å². The van der Waals surface area contributed by atoms with Gasteiger partial charge in [0, 0.05) is 25.6 Å². The van der Waals surface area contributed by atoms with Crippen molar-refractivity contribution in [3.05, 3.63) is 29.8 Å². The first kappa shape index (κ1) is 19.2. The number of nitrogens with zero attached hydrogens (tertiary/aromatic N) is 1. The third-order valence-corrected chi connectivity index (χ3v) is 4.80. The Bertz CT molecular complexity index is 599. The number of hydrogen-bond acceptors (Lipinski definition) is 4. The van der Waals surface area contributed by atoms with Crippen molar-refractivity contribution >= 4 is 11.8 Å². The first-order chi connectivity index (χ1) is 11.9. The molecule has 1 aromatic carbocycles. The molecule has 2 N–H and O–H groups in total. The number of rotatable bonds is 8. The first-order valence-corrected chi connectivity index (χ1v) is 8.87. The van der Waals surface area contributed by atoms with Gasteiger partial charge in [0.15, 0.2) is 6.61 Å². The van der Waals surface area contributed by atoms with E-state index in [1.165, 1.54) is 4.90 Å². The average Bonchev–Trinajstić information content (AvgIpc) is 2.55. The van der Waals surface area contributed by atoms with Crippen molar-refractivity contribution < 1.29 is 14.3 Å². The van der Waals surface area contributed by atoms with Crippen LogP contribution >= 0.6 is 0 Å². The Kier molecular flexibility index (Phi) is 6.82. The van der Waals surface area contributed by atoms with E-state index in [-0.39, 0.29) is 30.4 Å². The third kappa shape index (κ3) is 4.95. The minimum atomic E-state index is -0.131. The van der Waals surface area contributed by atoms with Crippen molar-refractivity contribution in [2.45, 2.75) is 26.3 Å². The zero-order valence-corrected chi connectivity index (χ0v) is 15.5. The van der Waals surface area contributed by atoms with E-state index in [1.807, 2.05) is 38.1 Å². The van der Waals surface area contributed by atoms with Gasteiger partial charge in [0.25, 0.3) is 5.91 Å². The lowest BCUT2D eigenvalue weighted by molar-refractivity contribution is -0.131. The molecule has 0 aromatic heterocycles. The molecule has 1 aromatic rings. The normalized spacial score (nSPS) is 16.5. The Morgan fingerprint density at radius 3 is 2.56 bits per heavy atom. The van der Waals surface area contributed by atoms with E-state index >= 15 is 0 Å². The Morgan fingerprint density at radius 2 is 2.00 bits per heavy atom.